The number of nitrogens with one attached hydrogen (secondary N) is 1. The van der Waals surface area contributed by atoms with Gasteiger partial charge in [0.15, 0.2) is 6.10 Å². The summed E-state index contributed by atoms with van der Waals surface area (Å²) in [6, 6.07) is 9.84. The molecule has 1 atom stereocenters. The summed E-state index contributed by atoms with van der Waals surface area (Å²) in [5.41, 5.74) is 0. The SMILES string of the molecule is C[C@H](OC(=O)c1cc2ccccc2s1)C(=O)NC1CC1. The summed E-state index contributed by atoms with van der Waals surface area (Å²) in [6.07, 6.45) is 1.28. The fraction of sp³-hybridized carbons (Fsp3) is 0.333. The van der Waals surface area contributed by atoms with Crippen molar-refractivity contribution in [2.45, 2.75) is 31.9 Å². The van der Waals surface area contributed by atoms with Crippen LogP contribution < -0.4 is 5.32 Å². The minimum Gasteiger partial charge on any atom is -0.448 e. The van der Waals surface area contributed by atoms with E-state index in [1.165, 1.54) is 11.3 Å². The number of benzene rings is 1. The van der Waals surface area contributed by atoms with Gasteiger partial charge in [0.1, 0.15) is 4.88 Å². The van der Waals surface area contributed by atoms with E-state index in [1.54, 1.807) is 13.0 Å². The maximum absolute atomic E-state index is 12.0. The molecular weight excluding hydrogens is 274 g/mol. The first-order valence-corrected chi connectivity index (χ1v) is 7.45. The number of ether oxygens (including phenoxy) is 1. The molecule has 2 aromatic rings. The number of carbonyl (C=O) groups excluding carboxylic acids is 2. The Balaban J connectivity index is 1.67. The predicted octanol–water partition coefficient (Wildman–Crippen LogP) is 2.73. The van der Waals surface area contributed by atoms with E-state index in [1.807, 2.05) is 24.3 Å². The smallest absolute Gasteiger partial charge is 0.349 e. The lowest BCUT2D eigenvalue weighted by molar-refractivity contribution is -0.129. The molecule has 0 aliphatic heterocycles. The van der Waals surface area contributed by atoms with Crippen LogP contribution in [0.5, 0.6) is 0 Å². The molecule has 5 heteroatoms. The second-order valence-electron chi connectivity index (χ2n) is 4.98. The molecule has 3 rings (SSSR count). The van der Waals surface area contributed by atoms with Crippen molar-refractivity contribution in [2.75, 3.05) is 0 Å². The summed E-state index contributed by atoms with van der Waals surface area (Å²) in [7, 11) is 0. The maximum atomic E-state index is 12.0. The topological polar surface area (TPSA) is 55.4 Å². The van der Waals surface area contributed by atoms with E-state index in [4.69, 9.17) is 4.74 Å². The van der Waals surface area contributed by atoms with Gasteiger partial charge in [-0.2, -0.15) is 0 Å². The monoisotopic (exact) mass is 289 g/mol. The van der Waals surface area contributed by atoms with Gasteiger partial charge in [-0.1, -0.05) is 18.2 Å². The van der Waals surface area contributed by atoms with Crippen molar-refractivity contribution in [3.63, 3.8) is 0 Å². The summed E-state index contributed by atoms with van der Waals surface area (Å²) in [6.45, 7) is 1.60. The number of hydrogen-bond acceptors (Lipinski definition) is 4. The highest BCUT2D eigenvalue weighted by Gasteiger charge is 2.27. The van der Waals surface area contributed by atoms with Gasteiger partial charge in [0, 0.05) is 10.7 Å². The van der Waals surface area contributed by atoms with Crippen LogP contribution in [-0.2, 0) is 9.53 Å². The van der Waals surface area contributed by atoms with Gasteiger partial charge >= 0.3 is 5.97 Å². The minimum atomic E-state index is -0.756. The number of rotatable bonds is 4. The number of esters is 1. The van der Waals surface area contributed by atoms with E-state index in [2.05, 4.69) is 5.32 Å². The number of amides is 1. The molecule has 104 valence electrons. The normalized spacial score (nSPS) is 15.8. The number of thiophene rings is 1. The quantitative estimate of drug-likeness (QED) is 0.880. The average molecular weight is 289 g/mol. The van der Waals surface area contributed by atoms with Crippen molar-refractivity contribution in [1.29, 1.82) is 0 Å². The summed E-state index contributed by atoms with van der Waals surface area (Å²) in [5.74, 6) is -0.661. The molecule has 1 aliphatic carbocycles. The number of fused-ring (bicyclic) bond motifs is 1. The van der Waals surface area contributed by atoms with Crippen LogP contribution >= 0.6 is 11.3 Å². The van der Waals surface area contributed by atoms with Gasteiger partial charge in [-0.3, -0.25) is 4.79 Å². The van der Waals surface area contributed by atoms with Gasteiger partial charge in [-0.15, -0.1) is 11.3 Å². The third kappa shape index (κ3) is 2.82. The highest BCUT2D eigenvalue weighted by atomic mass is 32.1. The standard InChI is InChI=1S/C15H15NO3S/c1-9(14(17)16-11-6-7-11)19-15(18)13-8-10-4-2-3-5-12(10)20-13/h2-5,8-9,11H,6-7H2,1H3,(H,16,17)/t9-/m0/s1. The minimum absolute atomic E-state index is 0.220. The maximum Gasteiger partial charge on any atom is 0.349 e. The van der Waals surface area contributed by atoms with Crippen LogP contribution in [0.15, 0.2) is 30.3 Å². The largest absolute Gasteiger partial charge is 0.448 e. The first-order chi connectivity index (χ1) is 9.63. The van der Waals surface area contributed by atoms with Gasteiger partial charge < -0.3 is 10.1 Å². The van der Waals surface area contributed by atoms with Crippen LogP contribution in [-0.4, -0.2) is 24.0 Å². The number of carbonyl (C=O) groups is 2. The molecule has 1 aliphatic rings. The molecule has 1 N–H and O–H groups in total. The molecule has 0 saturated heterocycles. The van der Waals surface area contributed by atoms with Crippen molar-refractivity contribution in [1.82, 2.24) is 5.32 Å². The molecule has 1 saturated carbocycles. The molecule has 1 aromatic carbocycles. The summed E-state index contributed by atoms with van der Waals surface area (Å²) < 4.78 is 6.25. The zero-order chi connectivity index (χ0) is 14.1. The van der Waals surface area contributed by atoms with Gasteiger partial charge in [-0.05, 0) is 37.3 Å². The summed E-state index contributed by atoms with van der Waals surface area (Å²) in [4.78, 5) is 24.3. The van der Waals surface area contributed by atoms with Gasteiger partial charge in [0.2, 0.25) is 0 Å². The molecular formula is C15H15NO3S. The Kier molecular flexibility index (Phi) is 3.44. The van der Waals surface area contributed by atoms with Crippen molar-refractivity contribution in [2.24, 2.45) is 0 Å². The predicted molar refractivity (Wildman–Crippen MR) is 77.9 cm³/mol. The van der Waals surface area contributed by atoms with E-state index in [0.29, 0.717) is 4.88 Å². The summed E-state index contributed by atoms with van der Waals surface area (Å²) >= 11 is 1.38. The Morgan fingerprint density at radius 2 is 2.10 bits per heavy atom. The summed E-state index contributed by atoms with van der Waals surface area (Å²) in [5, 5.41) is 3.84. The molecule has 0 bridgehead atoms. The Morgan fingerprint density at radius 1 is 1.35 bits per heavy atom. The molecule has 4 nitrogen and oxygen atoms in total. The van der Waals surface area contributed by atoms with Crippen LogP contribution in [0.3, 0.4) is 0 Å². The second-order valence-corrected chi connectivity index (χ2v) is 6.06. The zero-order valence-corrected chi connectivity index (χ0v) is 11.9. The molecule has 1 fully saturated rings. The van der Waals surface area contributed by atoms with Crippen molar-refractivity contribution >= 4 is 33.3 Å². The van der Waals surface area contributed by atoms with Crippen molar-refractivity contribution in [3.05, 3.63) is 35.2 Å². The lowest BCUT2D eigenvalue weighted by Gasteiger charge is -2.12. The van der Waals surface area contributed by atoms with E-state index in [-0.39, 0.29) is 11.9 Å². The van der Waals surface area contributed by atoms with Crippen LogP contribution in [0.25, 0.3) is 10.1 Å². The Hall–Kier alpha value is -1.88. The van der Waals surface area contributed by atoms with E-state index < -0.39 is 12.1 Å². The third-order valence-corrected chi connectivity index (χ3v) is 4.30. The average Bonchev–Trinajstić information content (AvgIpc) is 3.13. The van der Waals surface area contributed by atoms with E-state index >= 15 is 0 Å². The van der Waals surface area contributed by atoms with Crippen molar-refractivity contribution < 1.29 is 14.3 Å². The highest BCUT2D eigenvalue weighted by Crippen LogP contribution is 2.26. The number of hydrogen-bond donors (Lipinski definition) is 1. The Bertz CT molecular complexity index is 627. The van der Waals surface area contributed by atoms with E-state index in [0.717, 1.165) is 22.9 Å². The van der Waals surface area contributed by atoms with Crippen LogP contribution in [0.4, 0.5) is 0 Å². The van der Waals surface area contributed by atoms with Crippen LogP contribution in [0, 0.1) is 0 Å². The fourth-order valence-electron chi connectivity index (χ4n) is 1.90. The molecule has 0 unspecified atom stereocenters. The second kappa shape index (κ2) is 5.25. The highest BCUT2D eigenvalue weighted by molar-refractivity contribution is 7.20. The Morgan fingerprint density at radius 3 is 2.80 bits per heavy atom. The molecule has 1 heterocycles. The first-order valence-electron chi connectivity index (χ1n) is 6.63. The molecule has 0 spiro atoms. The third-order valence-electron chi connectivity index (χ3n) is 3.20. The zero-order valence-electron chi connectivity index (χ0n) is 11.1. The molecule has 1 amide bonds. The van der Waals surface area contributed by atoms with Crippen molar-refractivity contribution in [3.8, 4) is 0 Å². The lowest BCUT2D eigenvalue weighted by atomic mass is 10.2. The van der Waals surface area contributed by atoms with Crippen LogP contribution in [0.2, 0.25) is 0 Å². The lowest BCUT2D eigenvalue weighted by Crippen LogP contribution is -2.36. The molecule has 20 heavy (non-hydrogen) atoms. The molecule has 0 radical (unpaired) electrons. The fourth-order valence-corrected chi connectivity index (χ4v) is 2.85. The van der Waals surface area contributed by atoms with Gasteiger partial charge in [-0.25, -0.2) is 4.79 Å². The molecule has 1 aromatic heterocycles. The first kappa shape index (κ1) is 13.1. The van der Waals surface area contributed by atoms with E-state index in [9.17, 15) is 9.59 Å². The van der Waals surface area contributed by atoms with Crippen LogP contribution in [0.1, 0.15) is 29.4 Å². The van der Waals surface area contributed by atoms with Gasteiger partial charge in [0.05, 0.1) is 0 Å². The van der Waals surface area contributed by atoms with Gasteiger partial charge in [0.25, 0.3) is 5.91 Å². The Labute approximate surface area is 120 Å².